The van der Waals surface area contributed by atoms with Crippen molar-refractivity contribution in [3.8, 4) is 5.75 Å². The lowest BCUT2D eigenvalue weighted by Gasteiger charge is -2.11. The lowest BCUT2D eigenvalue weighted by Crippen LogP contribution is -2.27. The van der Waals surface area contributed by atoms with E-state index in [1.807, 2.05) is 6.07 Å². The molecule has 0 unspecified atom stereocenters. The van der Waals surface area contributed by atoms with Crippen LogP contribution >= 0.6 is 0 Å². The minimum absolute atomic E-state index is 0.0939. The Bertz CT molecular complexity index is 694. The number of benzene rings is 1. The molecule has 0 atom stereocenters. The highest BCUT2D eigenvalue weighted by Crippen LogP contribution is 2.19. The third-order valence-electron chi connectivity index (χ3n) is 3.37. The fourth-order valence-corrected chi connectivity index (χ4v) is 2.14. The second-order valence-corrected chi connectivity index (χ2v) is 5.62. The van der Waals surface area contributed by atoms with Crippen LogP contribution in [-0.2, 0) is 17.9 Å². The molecule has 1 aromatic carbocycles. The Hall–Kier alpha value is -2.61. The summed E-state index contributed by atoms with van der Waals surface area (Å²) in [6.07, 6.45) is -0.716. The zero-order valence-electron chi connectivity index (χ0n) is 14.1. The minimum atomic E-state index is -4.36. The summed E-state index contributed by atoms with van der Waals surface area (Å²) in [5.74, 6) is 0.0689. The van der Waals surface area contributed by atoms with E-state index >= 15 is 0 Å². The predicted molar refractivity (Wildman–Crippen MR) is 90.4 cm³/mol. The maximum absolute atomic E-state index is 12.2. The van der Waals surface area contributed by atoms with Gasteiger partial charge in [0.25, 0.3) is 0 Å². The Labute approximate surface area is 149 Å². The standard InChI is InChI=1S/C18H20F3N3O2/c19-18(20,21)13-26-16-5-1-3-14(9-16)10-23-8-6-17(25)24-12-15-4-2-7-22-11-15/h1-5,7,9,11,23H,6,8,10,12-13H2,(H,24,25). The zero-order chi connectivity index (χ0) is 18.8. The summed E-state index contributed by atoms with van der Waals surface area (Å²) in [6, 6.07) is 10.1. The highest BCUT2D eigenvalue weighted by atomic mass is 19.4. The number of carbonyl (C=O) groups is 1. The molecule has 2 rings (SSSR count). The van der Waals surface area contributed by atoms with Crippen molar-refractivity contribution < 1.29 is 22.7 Å². The maximum Gasteiger partial charge on any atom is 0.422 e. The number of hydrogen-bond donors (Lipinski definition) is 2. The first-order valence-electron chi connectivity index (χ1n) is 8.07. The fourth-order valence-electron chi connectivity index (χ4n) is 2.14. The van der Waals surface area contributed by atoms with E-state index in [9.17, 15) is 18.0 Å². The van der Waals surface area contributed by atoms with Gasteiger partial charge in [-0.1, -0.05) is 18.2 Å². The molecule has 1 heterocycles. The van der Waals surface area contributed by atoms with Crippen LogP contribution in [0.3, 0.4) is 0 Å². The summed E-state index contributed by atoms with van der Waals surface area (Å²) in [5.41, 5.74) is 1.70. The van der Waals surface area contributed by atoms with Crippen LogP contribution in [0, 0.1) is 0 Å². The molecule has 2 N–H and O–H groups in total. The molecular weight excluding hydrogens is 347 g/mol. The van der Waals surface area contributed by atoms with Gasteiger partial charge in [0.15, 0.2) is 6.61 Å². The number of halogens is 3. The number of carbonyl (C=O) groups excluding carboxylic acids is 1. The van der Waals surface area contributed by atoms with Crippen molar-refractivity contribution in [3.05, 3.63) is 59.9 Å². The van der Waals surface area contributed by atoms with E-state index in [1.54, 1.807) is 36.7 Å². The van der Waals surface area contributed by atoms with Crippen LogP contribution in [0.1, 0.15) is 17.5 Å². The summed E-state index contributed by atoms with van der Waals surface area (Å²) >= 11 is 0. The van der Waals surface area contributed by atoms with Crippen LogP contribution < -0.4 is 15.4 Å². The molecule has 1 aromatic heterocycles. The summed E-state index contributed by atoms with van der Waals surface area (Å²) in [6.45, 7) is -0.0160. The van der Waals surface area contributed by atoms with E-state index in [0.29, 0.717) is 26.1 Å². The molecular formula is C18H20F3N3O2. The lowest BCUT2D eigenvalue weighted by molar-refractivity contribution is -0.153. The quantitative estimate of drug-likeness (QED) is 0.669. The molecule has 0 radical (unpaired) electrons. The Morgan fingerprint density at radius 2 is 1.92 bits per heavy atom. The first-order valence-corrected chi connectivity index (χ1v) is 8.07. The third kappa shape index (κ3) is 7.98. The third-order valence-corrected chi connectivity index (χ3v) is 3.37. The van der Waals surface area contributed by atoms with Gasteiger partial charge in [-0.2, -0.15) is 13.2 Å². The summed E-state index contributed by atoms with van der Waals surface area (Å²) in [5, 5.41) is 5.87. The number of ether oxygens (including phenoxy) is 1. The van der Waals surface area contributed by atoms with Crippen molar-refractivity contribution in [2.75, 3.05) is 13.2 Å². The fraction of sp³-hybridized carbons (Fsp3) is 0.333. The molecule has 0 fully saturated rings. The van der Waals surface area contributed by atoms with Crippen molar-refractivity contribution in [3.63, 3.8) is 0 Å². The van der Waals surface area contributed by atoms with Crippen molar-refractivity contribution in [2.45, 2.75) is 25.7 Å². The number of alkyl halides is 3. The van der Waals surface area contributed by atoms with Crippen LogP contribution in [-0.4, -0.2) is 30.2 Å². The van der Waals surface area contributed by atoms with Gasteiger partial charge in [0, 0.05) is 38.4 Å². The minimum Gasteiger partial charge on any atom is -0.484 e. The number of rotatable bonds is 9. The Morgan fingerprint density at radius 1 is 1.12 bits per heavy atom. The Morgan fingerprint density at radius 3 is 2.65 bits per heavy atom. The van der Waals surface area contributed by atoms with Gasteiger partial charge in [-0.3, -0.25) is 9.78 Å². The second kappa shape index (κ2) is 9.76. The van der Waals surface area contributed by atoms with Gasteiger partial charge in [-0.15, -0.1) is 0 Å². The largest absolute Gasteiger partial charge is 0.484 e. The van der Waals surface area contributed by atoms with Crippen LogP contribution in [0.4, 0.5) is 13.2 Å². The molecule has 0 saturated heterocycles. The van der Waals surface area contributed by atoms with Crippen LogP contribution in [0.15, 0.2) is 48.8 Å². The Kier molecular flexibility index (Phi) is 7.40. The van der Waals surface area contributed by atoms with Gasteiger partial charge in [-0.25, -0.2) is 0 Å². The van der Waals surface area contributed by atoms with E-state index in [2.05, 4.69) is 15.6 Å². The summed E-state index contributed by atoms with van der Waals surface area (Å²) in [7, 11) is 0. The molecule has 0 aliphatic rings. The molecule has 1 amide bonds. The molecule has 0 aliphatic carbocycles. The number of pyridine rings is 1. The van der Waals surface area contributed by atoms with Crippen molar-refractivity contribution in [2.24, 2.45) is 0 Å². The topological polar surface area (TPSA) is 63.2 Å². The molecule has 140 valence electrons. The molecule has 0 bridgehead atoms. The summed E-state index contributed by atoms with van der Waals surface area (Å²) < 4.78 is 41.2. The number of nitrogens with one attached hydrogen (secondary N) is 2. The molecule has 26 heavy (non-hydrogen) atoms. The smallest absolute Gasteiger partial charge is 0.422 e. The Balaban J connectivity index is 1.65. The lowest BCUT2D eigenvalue weighted by atomic mass is 10.2. The van der Waals surface area contributed by atoms with Gasteiger partial charge in [0.1, 0.15) is 5.75 Å². The molecule has 5 nitrogen and oxygen atoms in total. The number of aromatic nitrogens is 1. The van der Waals surface area contributed by atoms with E-state index in [4.69, 9.17) is 4.74 Å². The van der Waals surface area contributed by atoms with Crippen molar-refractivity contribution >= 4 is 5.91 Å². The highest BCUT2D eigenvalue weighted by molar-refractivity contribution is 5.76. The maximum atomic E-state index is 12.2. The van der Waals surface area contributed by atoms with Crippen molar-refractivity contribution in [1.82, 2.24) is 15.6 Å². The highest BCUT2D eigenvalue weighted by Gasteiger charge is 2.28. The van der Waals surface area contributed by atoms with E-state index in [-0.39, 0.29) is 11.7 Å². The van der Waals surface area contributed by atoms with E-state index in [0.717, 1.165) is 11.1 Å². The molecule has 0 spiro atoms. The first kappa shape index (κ1) is 19.7. The van der Waals surface area contributed by atoms with Gasteiger partial charge in [0.2, 0.25) is 5.91 Å². The number of amides is 1. The number of nitrogens with zero attached hydrogens (tertiary/aromatic N) is 1. The summed E-state index contributed by atoms with van der Waals surface area (Å²) in [4.78, 5) is 15.7. The average Bonchev–Trinajstić information content (AvgIpc) is 2.62. The SMILES string of the molecule is O=C(CCNCc1cccc(OCC(F)(F)F)c1)NCc1cccnc1. The van der Waals surface area contributed by atoms with Crippen LogP contribution in [0.25, 0.3) is 0 Å². The van der Waals surface area contributed by atoms with Crippen LogP contribution in [0.2, 0.25) is 0 Å². The first-order chi connectivity index (χ1) is 12.4. The zero-order valence-corrected chi connectivity index (χ0v) is 14.1. The van der Waals surface area contributed by atoms with Gasteiger partial charge >= 0.3 is 6.18 Å². The second-order valence-electron chi connectivity index (χ2n) is 5.62. The normalized spacial score (nSPS) is 11.2. The van der Waals surface area contributed by atoms with Gasteiger partial charge < -0.3 is 15.4 Å². The molecule has 0 saturated carbocycles. The van der Waals surface area contributed by atoms with E-state index < -0.39 is 12.8 Å². The predicted octanol–water partition coefficient (Wildman–Crippen LogP) is 2.82. The van der Waals surface area contributed by atoms with Crippen molar-refractivity contribution in [1.29, 1.82) is 0 Å². The molecule has 2 aromatic rings. The monoisotopic (exact) mass is 367 g/mol. The molecule has 8 heteroatoms. The number of hydrogen-bond acceptors (Lipinski definition) is 4. The van der Waals surface area contributed by atoms with Gasteiger partial charge in [0.05, 0.1) is 0 Å². The molecule has 0 aliphatic heterocycles. The van der Waals surface area contributed by atoms with Crippen LogP contribution in [0.5, 0.6) is 5.75 Å². The van der Waals surface area contributed by atoms with E-state index in [1.165, 1.54) is 6.07 Å². The van der Waals surface area contributed by atoms with Gasteiger partial charge in [-0.05, 0) is 29.3 Å². The average molecular weight is 367 g/mol.